The highest BCUT2D eigenvalue weighted by Crippen LogP contribution is 2.76. The molecule has 0 bridgehead atoms. The lowest BCUT2D eigenvalue weighted by atomic mass is 9.33. The molecule has 5 aliphatic rings. The summed E-state index contributed by atoms with van der Waals surface area (Å²) in [5.74, 6) is -0.102. The van der Waals surface area contributed by atoms with E-state index < -0.39 is 17.4 Å². The third-order valence-electron chi connectivity index (χ3n) is 17.2. The maximum absolute atomic E-state index is 13.4. The molecule has 328 valence electrons. The molecular formula is C50H64N2O9. The van der Waals surface area contributed by atoms with E-state index in [4.69, 9.17) is 18.8 Å². The molecule has 61 heavy (non-hydrogen) atoms. The van der Waals surface area contributed by atoms with Gasteiger partial charge in [-0.1, -0.05) is 103 Å². The van der Waals surface area contributed by atoms with Crippen LogP contribution in [0.2, 0.25) is 0 Å². The Morgan fingerprint density at radius 3 is 2.34 bits per heavy atom. The van der Waals surface area contributed by atoms with Crippen LogP contribution in [-0.4, -0.2) is 34.3 Å². The number of allylic oxidation sites excluding steroid dienone is 2. The fraction of sp³-hybridized carbons (Fsp3) is 0.620. The number of esters is 2. The molecule has 4 saturated carbocycles. The molecular weight excluding hydrogens is 773 g/mol. The Morgan fingerprint density at radius 1 is 0.852 bits per heavy atom. The van der Waals surface area contributed by atoms with Crippen LogP contribution in [0.3, 0.4) is 0 Å². The van der Waals surface area contributed by atoms with Crippen molar-refractivity contribution >= 4 is 17.9 Å². The normalized spacial score (nSPS) is 33.4. The van der Waals surface area contributed by atoms with Crippen molar-refractivity contribution in [1.29, 1.82) is 0 Å². The Hall–Kier alpha value is -4.67. The number of benzene rings is 2. The molecule has 0 radical (unpaired) electrons. The molecule has 1 heterocycles. The van der Waals surface area contributed by atoms with Gasteiger partial charge in [-0.2, -0.15) is 0 Å². The summed E-state index contributed by atoms with van der Waals surface area (Å²) in [5.41, 5.74) is 2.77. The number of fused-ring (bicyclic) bond motifs is 7. The third-order valence-corrected chi connectivity index (χ3v) is 17.2. The van der Waals surface area contributed by atoms with Crippen molar-refractivity contribution in [3.05, 3.63) is 82.7 Å². The summed E-state index contributed by atoms with van der Waals surface area (Å²) in [5, 5.41) is 26.9. The van der Waals surface area contributed by atoms with Gasteiger partial charge >= 0.3 is 17.9 Å². The zero-order chi connectivity index (χ0) is 43.6. The van der Waals surface area contributed by atoms with Crippen LogP contribution in [0.1, 0.15) is 137 Å². The summed E-state index contributed by atoms with van der Waals surface area (Å²) in [6.45, 7) is 16.6. The average Bonchev–Trinajstić information content (AvgIpc) is 3.59. The summed E-state index contributed by atoms with van der Waals surface area (Å²) >= 11 is 0. The van der Waals surface area contributed by atoms with E-state index >= 15 is 0 Å². The minimum atomic E-state index is -0.646. The Balaban J connectivity index is 0.858. The maximum Gasteiger partial charge on any atom is 0.310 e. The van der Waals surface area contributed by atoms with E-state index in [-0.39, 0.29) is 76.8 Å². The van der Waals surface area contributed by atoms with Crippen LogP contribution in [0.4, 0.5) is 0 Å². The predicted molar refractivity (Wildman–Crippen MR) is 227 cm³/mol. The van der Waals surface area contributed by atoms with Gasteiger partial charge in [-0.25, -0.2) is 0 Å². The minimum Gasteiger partial charge on any atom is -0.485 e. The van der Waals surface area contributed by atoms with Crippen molar-refractivity contribution in [3.8, 4) is 17.0 Å². The number of aliphatic carboxylic acids is 1. The van der Waals surface area contributed by atoms with E-state index in [1.807, 2.05) is 36.4 Å². The van der Waals surface area contributed by atoms with Gasteiger partial charge in [0.15, 0.2) is 6.61 Å². The summed E-state index contributed by atoms with van der Waals surface area (Å²) < 4.78 is 22.5. The van der Waals surface area contributed by atoms with E-state index in [2.05, 4.69) is 59.7 Å². The number of carbonyl (C=O) groups is 3. The standard InChI is InChI=1S/C50H64N2O9/c1-45(2)24-26-50(44(55)56)27-25-48(6)35(36(50)29-45)16-17-39-47(5)22-21-40(46(3,4)38(47)20-23-49(39,48)7)60-42(54)19-18-41(53)59-30-32-12-11-15-34(28-32)58-31-37-43(51-61-52(37)57)33-13-9-8-10-14-33/h8-16,28,36,38-40H,17-27,29-31H2,1-7H3,(H,55,56)/t36-,38-,39+,40-,47-,48+,49+,50-/m0/s1. The molecule has 5 aliphatic carbocycles. The van der Waals surface area contributed by atoms with Crippen LogP contribution in [0.25, 0.3) is 11.3 Å². The lowest BCUT2D eigenvalue weighted by Crippen LogP contribution is -2.65. The molecule has 8 rings (SSSR count). The highest BCUT2D eigenvalue weighted by atomic mass is 16.8. The lowest BCUT2D eigenvalue weighted by molar-refractivity contribution is -0.808. The van der Waals surface area contributed by atoms with Gasteiger partial charge in [0.2, 0.25) is 5.69 Å². The molecule has 0 saturated heterocycles. The van der Waals surface area contributed by atoms with E-state index in [9.17, 15) is 24.7 Å². The quantitative estimate of drug-likeness (QED) is 0.112. The second-order valence-corrected chi connectivity index (χ2v) is 21.2. The van der Waals surface area contributed by atoms with Gasteiger partial charge in [0.05, 0.1) is 18.3 Å². The summed E-state index contributed by atoms with van der Waals surface area (Å²) in [6, 6.07) is 16.3. The minimum absolute atomic E-state index is 0.0000265. The number of hydrogen-bond acceptors (Lipinski definition) is 9. The Bertz CT molecular complexity index is 2190. The van der Waals surface area contributed by atoms with Crippen LogP contribution in [-0.2, 0) is 37.1 Å². The molecule has 8 atom stereocenters. The summed E-state index contributed by atoms with van der Waals surface area (Å²) in [4.78, 5) is 39.6. The van der Waals surface area contributed by atoms with Crippen molar-refractivity contribution in [2.45, 2.75) is 145 Å². The van der Waals surface area contributed by atoms with Crippen LogP contribution in [0.5, 0.6) is 5.75 Å². The number of nitrogens with zero attached hydrogens (tertiary/aromatic N) is 2. The van der Waals surface area contributed by atoms with E-state index in [1.165, 1.54) is 5.57 Å². The summed E-state index contributed by atoms with van der Waals surface area (Å²) in [7, 11) is 0. The van der Waals surface area contributed by atoms with Crippen LogP contribution in [0, 0.1) is 55.5 Å². The van der Waals surface area contributed by atoms with Crippen LogP contribution < -0.4 is 9.64 Å². The Morgan fingerprint density at radius 2 is 1.59 bits per heavy atom. The first kappa shape index (κ1) is 43.0. The fourth-order valence-electron chi connectivity index (χ4n) is 13.6. The van der Waals surface area contributed by atoms with Crippen LogP contribution >= 0.6 is 0 Å². The number of rotatable bonds is 11. The zero-order valence-corrected chi connectivity index (χ0v) is 37.1. The monoisotopic (exact) mass is 836 g/mol. The zero-order valence-electron chi connectivity index (χ0n) is 37.1. The molecule has 11 heteroatoms. The first-order valence-corrected chi connectivity index (χ1v) is 22.5. The molecule has 4 fully saturated rings. The molecule has 2 aromatic carbocycles. The first-order valence-electron chi connectivity index (χ1n) is 22.5. The number of carbonyl (C=O) groups excluding carboxylic acids is 2. The van der Waals surface area contributed by atoms with Gasteiger partial charge in [0, 0.05) is 16.1 Å². The van der Waals surface area contributed by atoms with E-state index in [0.717, 1.165) is 69.8 Å². The van der Waals surface area contributed by atoms with Gasteiger partial charge in [0.1, 0.15) is 18.5 Å². The number of ether oxygens (including phenoxy) is 3. The number of carboxylic acids is 1. The second kappa shape index (κ2) is 15.6. The fourth-order valence-corrected chi connectivity index (χ4v) is 13.6. The third kappa shape index (κ3) is 7.35. The first-order chi connectivity index (χ1) is 28.8. The second-order valence-electron chi connectivity index (χ2n) is 21.2. The molecule has 0 unspecified atom stereocenters. The van der Waals surface area contributed by atoms with Crippen molar-refractivity contribution in [2.75, 3.05) is 0 Å². The lowest BCUT2D eigenvalue weighted by Gasteiger charge is -2.71. The molecule has 3 aromatic rings. The topological polar surface area (TPSA) is 152 Å². The van der Waals surface area contributed by atoms with E-state index in [0.29, 0.717) is 33.7 Å². The molecule has 0 spiro atoms. The Kier molecular flexibility index (Phi) is 11.0. The van der Waals surface area contributed by atoms with Crippen molar-refractivity contribution < 1.29 is 43.2 Å². The van der Waals surface area contributed by atoms with Gasteiger partial charge < -0.3 is 24.5 Å². The highest BCUT2D eigenvalue weighted by Gasteiger charge is 2.69. The number of aromatic nitrogens is 2. The SMILES string of the molecule is CC1(C)CC[C@]2(C(=O)O)CC[C@]3(C)C(=CC[C@@H]4[C@@]5(C)CC[C@H](OC(=O)CCC(=O)OCc6cccc(OCc7c(-c8ccccc8)no[n+]7[O-])c6)C(C)(C)[C@@H]5CC[C@]43C)[C@@H]2C1. The average molecular weight is 837 g/mol. The van der Waals surface area contributed by atoms with Gasteiger partial charge in [-0.3, -0.25) is 19.0 Å². The predicted octanol–water partition coefficient (Wildman–Crippen LogP) is 10.2. The Labute approximate surface area is 360 Å². The van der Waals surface area contributed by atoms with Crippen molar-refractivity contribution in [1.82, 2.24) is 5.16 Å². The van der Waals surface area contributed by atoms with Gasteiger partial charge in [0.25, 0.3) is 5.69 Å². The summed E-state index contributed by atoms with van der Waals surface area (Å²) in [6.07, 6.45) is 11.3. The largest absolute Gasteiger partial charge is 0.485 e. The smallest absolute Gasteiger partial charge is 0.310 e. The van der Waals surface area contributed by atoms with Gasteiger partial charge in [-0.05, 0) is 126 Å². The molecule has 1 N–H and O–H groups in total. The molecule has 1 aromatic heterocycles. The molecule has 11 nitrogen and oxygen atoms in total. The molecule has 0 amide bonds. The number of hydrogen-bond donors (Lipinski definition) is 1. The van der Waals surface area contributed by atoms with E-state index in [1.54, 1.807) is 18.2 Å². The maximum atomic E-state index is 13.4. The number of carboxylic acid groups (broad SMARTS) is 1. The van der Waals surface area contributed by atoms with Crippen LogP contribution in [0.15, 0.2) is 70.9 Å². The van der Waals surface area contributed by atoms with Gasteiger partial charge in [-0.15, -0.1) is 0 Å². The van der Waals surface area contributed by atoms with Crippen molar-refractivity contribution in [3.63, 3.8) is 0 Å². The van der Waals surface area contributed by atoms with Crippen molar-refractivity contribution in [2.24, 2.45) is 50.2 Å². The highest BCUT2D eigenvalue weighted by molar-refractivity contribution is 5.78. The molecule has 0 aliphatic heterocycles.